The van der Waals surface area contributed by atoms with Gasteiger partial charge in [-0.05, 0) is 11.6 Å². The minimum atomic E-state index is -1.36. The summed E-state index contributed by atoms with van der Waals surface area (Å²) in [6.07, 6.45) is -1.36. The van der Waals surface area contributed by atoms with Crippen molar-refractivity contribution in [3.8, 4) is 0 Å². The van der Waals surface area contributed by atoms with Gasteiger partial charge in [-0.1, -0.05) is 0 Å². The van der Waals surface area contributed by atoms with Crippen LogP contribution in [0.25, 0.3) is 0 Å². The Morgan fingerprint density at radius 1 is 1.50 bits per heavy atom. The van der Waals surface area contributed by atoms with Gasteiger partial charge >= 0.3 is 6.09 Å². The summed E-state index contributed by atoms with van der Waals surface area (Å²) in [5.74, 6) is -0.641. The average Bonchev–Trinajstić information content (AvgIpc) is 2.55. The van der Waals surface area contributed by atoms with Crippen LogP contribution in [0.5, 0.6) is 0 Å². The lowest BCUT2D eigenvalue weighted by Gasteiger charge is -2.06. The summed E-state index contributed by atoms with van der Waals surface area (Å²) in [4.78, 5) is 32.7. The molecule has 1 aliphatic rings. The molecule has 82 valence electrons. The molecule has 0 aromatic heterocycles. The molecule has 0 radical (unpaired) electrons. The number of nitro benzene ring substituents is 1. The van der Waals surface area contributed by atoms with Crippen LogP contribution in [0.4, 0.5) is 10.5 Å². The van der Waals surface area contributed by atoms with Gasteiger partial charge in [-0.2, -0.15) is 0 Å². The number of carboxylic acid groups (broad SMARTS) is 1. The lowest BCUT2D eigenvalue weighted by atomic mass is 10.1. The van der Waals surface area contributed by atoms with Crippen molar-refractivity contribution >= 4 is 17.7 Å². The van der Waals surface area contributed by atoms with Gasteiger partial charge in [-0.15, -0.1) is 0 Å². The van der Waals surface area contributed by atoms with Crippen LogP contribution in [-0.2, 0) is 6.54 Å². The van der Waals surface area contributed by atoms with E-state index in [1.54, 1.807) is 0 Å². The second kappa shape index (κ2) is 3.30. The Morgan fingerprint density at radius 2 is 2.19 bits per heavy atom. The summed E-state index contributed by atoms with van der Waals surface area (Å²) in [5, 5.41) is 19.2. The summed E-state index contributed by atoms with van der Waals surface area (Å²) in [6.45, 7) is -0.134. The molecule has 1 aliphatic heterocycles. The number of carbonyl (C=O) groups is 2. The molecule has 0 saturated heterocycles. The van der Waals surface area contributed by atoms with Crippen LogP contribution >= 0.6 is 0 Å². The molecule has 1 aromatic carbocycles. The number of hydrogen-bond donors (Lipinski definition) is 1. The van der Waals surface area contributed by atoms with Crippen LogP contribution in [0.15, 0.2) is 18.2 Å². The van der Waals surface area contributed by atoms with Gasteiger partial charge in [0, 0.05) is 17.7 Å². The molecule has 0 fully saturated rings. The first-order chi connectivity index (χ1) is 7.50. The third kappa shape index (κ3) is 1.38. The molecule has 7 nitrogen and oxygen atoms in total. The zero-order chi connectivity index (χ0) is 11.9. The van der Waals surface area contributed by atoms with Gasteiger partial charge in [0.05, 0.1) is 11.5 Å². The number of benzene rings is 1. The fourth-order valence-electron chi connectivity index (χ4n) is 1.58. The lowest BCUT2D eigenvalue weighted by Crippen LogP contribution is -2.29. The Hall–Kier alpha value is -2.44. The van der Waals surface area contributed by atoms with Crippen molar-refractivity contribution in [2.75, 3.05) is 0 Å². The molecule has 0 aliphatic carbocycles. The second-order valence-electron chi connectivity index (χ2n) is 3.27. The number of imide groups is 1. The highest BCUT2D eigenvalue weighted by Gasteiger charge is 2.32. The lowest BCUT2D eigenvalue weighted by molar-refractivity contribution is -0.384. The topological polar surface area (TPSA) is 101 Å². The van der Waals surface area contributed by atoms with Crippen LogP contribution in [0.1, 0.15) is 15.9 Å². The number of non-ortho nitro benzene ring substituents is 1. The highest BCUT2D eigenvalue weighted by atomic mass is 16.6. The monoisotopic (exact) mass is 222 g/mol. The van der Waals surface area contributed by atoms with Gasteiger partial charge in [0.2, 0.25) is 0 Å². The Labute approximate surface area is 89.1 Å². The van der Waals surface area contributed by atoms with Crippen molar-refractivity contribution in [3.05, 3.63) is 39.4 Å². The van der Waals surface area contributed by atoms with Crippen LogP contribution in [0, 0.1) is 10.1 Å². The highest BCUT2D eigenvalue weighted by molar-refractivity contribution is 6.06. The Balaban J connectivity index is 2.44. The highest BCUT2D eigenvalue weighted by Crippen LogP contribution is 2.26. The third-order valence-corrected chi connectivity index (χ3v) is 2.33. The molecule has 0 spiro atoms. The second-order valence-corrected chi connectivity index (χ2v) is 3.27. The predicted molar refractivity (Wildman–Crippen MR) is 51.0 cm³/mol. The zero-order valence-electron chi connectivity index (χ0n) is 7.91. The van der Waals surface area contributed by atoms with Gasteiger partial charge in [0.25, 0.3) is 11.6 Å². The molecule has 0 atom stereocenters. The Morgan fingerprint density at radius 3 is 2.75 bits per heavy atom. The van der Waals surface area contributed by atoms with E-state index in [0.29, 0.717) is 10.5 Å². The standard InChI is InChI=1S/C9H6N2O5/c12-8-7-2-1-6(11(15)16)3-5(7)4-10(8)9(13)14/h1-3H,4H2,(H,13,14). The zero-order valence-corrected chi connectivity index (χ0v) is 7.91. The van der Waals surface area contributed by atoms with Crippen molar-refractivity contribution in [2.24, 2.45) is 0 Å². The summed E-state index contributed by atoms with van der Waals surface area (Å²) in [5.41, 5.74) is 0.411. The molecule has 1 heterocycles. The van der Waals surface area contributed by atoms with E-state index in [2.05, 4.69) is 0 Å². The SMILES string of the molecule is O=C(O)N1Cc2cc([N+](=O)[O-])ccc2C1=O. The molecule has 1 N–H and O–H groups in total. The Kier molecular flexibility index (Phi) is 2.08. The summed E-state index contributed by atoms with van der Waals surface area (Å²) < 4.78 is 0. The first-order valence-corrected chi connectivity index (χ1v) is 4.33. The van der Waals surface area contributed by atoms with Crippen LogP contribution in [0.2, 0.25) is 0 Å². The minimum Gasteiger partial charge on any atom is -0.465 e. The molecule has 7 heteroatoms. The number of carbonyl (C=O) groups excluding carboxylic acids is 1. The maximum atomic E-state index is 11.5. The normalized spacial score (nSPS) is 13.8. The van der Waals surface area contributed by atoms with Crippen molar-refractivity contribution in [1.29, 1.82) is 0 Å². The first kappa shape index (κ1) is 10.1. The molecule has 1 aromatic rings. The van der Waals surface area contributed by atoms with Gasteiger partial charge in [0.1, 0.15) is 0 Å². The van der Waals surface area contributed by atoms with E-state index >= 15 is 0 Å². The van der Waals surface area contributed by atoms with Crippen LogP contribution in [0.3, 0.4) is 0 Å². The summed E-state index contributed by atoms with van der Waals surface area (Å²) in [6, 6.07) is 3.68. The van der Waals surface area contributed by atoms with Crippen molar-refractivity contribution < 1.29 is 19.6 Å². The van der Waals surface area contributed by atoms with E-state index in [4.69, 9.17) is 5.11 Å². The van der Waals surface area contributed by atoms with Gasteiger partial charge < -0.3 is 5.11 Å². The van der Waals surface area contributed by atoms with E-state index in [1.165, 1.54) is 18.2 Å². The van der Waals surface area contributed by atoms with E-state index in [9.17, 15) is 19.7 Å². The molecule has 16 heavy (non-hydrogen) atoms. The van der Waals surface area contributed by atoms with Crippen LogP contribution in [-0.4, -0.2) is 26.9 Å². The maximum Gasteiger partial charge on any atom is 0.414 e. The van der Waals surface area contributed by atoms with Gasteiger partial charge in [-0.3, -0.25) is 14.9 Å². The Bertz CT molecular complexity index is 511. The van der Waals surface area contributed by atoms with E-state index < -0.39 is 16.9 Å². The summed E-state index contributed by atoms with van der Waals surface area (Å²) in [7, 11) is 0. The smallest absolute Gasteiger partial charge is 0.414 e. The summed E-state index contributed by atoms with van der Waals surface area (Å²) >= 11 is 0. The van der Waals surface area contributed by atoms with Crippen LogP contribution < -0.4 is 0 Å². The number of nitrogens with zero attached hydrogens (tertiary/aromatic N) is 2. The molecular formula is C9H6N2O5. The van der Waals surface area contributed by atoms with E-state index in [1.807, 2.05) is 0 Å². The predicted octanol–water partition coefficient (Wildman–Crippen LogP) is 1.23. The molecule has 0 saturated carbocycles. The van der Waals surface area contributed by atoms with E-state index in [0.717, 1.165) is 0 Å². The molecule has 2 rings (SSSR count). The fraction of sp³-hybridized carbons (Fsp3) is 0.111. The number of rotatable bonds is 1. The molecule has 2 amide bonds. The minimum absolute atomic E-state index is 0.134. The molecule has 0 bridgehead atoms. The number of nitro groups is 1. The number of hydrogen-bond acceptors (Lipinski definition) is 4. The molecule has 0 unspecified atom stereocenters. The third-order valence-electron chi connectivity index (χ3n) is 2.33. The largest absolute Gasteiger partial charge is 0.465 e. The quantitative estimate of drug-likeness (QED) is 0.568. The average molecular weight is 222 g/mol. The van der Waals surface area contributed by atoms with Crippen molar-refractivity contribution in [1.82, 2.24) is 4.90 Å². The van der Waals surface area contributed by atoms with Gasteiger partial charge in [0.15, 0.2) is 0 Å². The first-order valence-electron chi connectivity index (χ1n) is 4.33. The fourth-order valence-corrected chi connectivity index (χ4v) is 1.58. The van der Waals surface area contributed by atoms with Crippen molar-refractivity contribution in [3.63, 3.8) is 0 Å². The number of fused-ring (bicyclic) bond motifs is 1. The van der Waals surface area contributed by atoms with E-state index in [-0.39, 0.29) is 17.8 Å². The number of amides is 2. The maximum absolute atomic E-state index is 11.5. The van der Waals surface area contributed by atoms with Crippen molar-refractivity contribution in [2.45, 2.75) is 6.54 Å². The molecular weight excluding hydrogens is 216 g/mol. The van der Waals surface area contributed by atoms with Gasteiger partial charge in [-0.25, -0.2) is 9.69 Å².